The summed E-state index contributed by atoms with van der Waals surface area (Å²) >= 11 is 0. The number of aryl methyl sites for hydroxylation is 1. The van der Waals surface area contributed by atoms with Crippen LogP contribution in [0.15, 0.2) is 60.7 Å². The molecule has 0 bridgehead atoms. The number of hydrogen-bond donors (Lipinski definition) is 1. The molecule has 0 atom stereocenters. The van der Waals surface area contributed by atoms with Gasteiger partial charge in [0.2, 0.25) is 0 Å². The minimum atomic E-state index is 0.932. The summed E-state index contributed by atoms with van der Waals surface area (Å²) in [7, 11) is 0. The molecule has 0 spiro atoms. The van der Waals surface area contributed by atoms with Crippen LogP contribution in [-0.2, 0) is 17.7 Å². The summed E-state index contributed by atoms with van der Waals surface area (Å²) in [6.45, 7) is 3.96. The lowest BCUT2D eigenvalue weighted by atomic mass is 10.1. The summed E-state index contributed by atoms with van der Waals surface area (Å²) in [5.74, 6) is 0. The molecule has 2 heteroatoms. The van der Waals surface area contributed by atoms with E-state index in [2.05, 4.69) is 66.0 Å². The lowest BCUT2D eigenvalue weighted by Gasteiger charge is -2.06. The van der Waals surface area contributed by atoms with Crippen LogP contribution in [0.3, 0.4) is 0 Å². The van der Waals surface area contributed by atoms with E-state index in [0.29, 0.717) is 0 Å². The highest BCUT2D eigenvalue weighted by atomic mass is 16.5. The van der Waals surface area contributed by atoms with Crippen molar-refractivity contribution in [3.8, 4) is 0 Å². The van der Waals surface area contributed by atoms with Crippen molar-refractivity contribution in [2.75, 3.05) is 19.8 Å². The quantitative estimate of drug-likeness (QED) is 0.359. The van der Waals surface area contributed by atoms with Crippen LogP contribution in [0.2, 0.25) is 0 Å². The van der Waals surface area contributed by atoms with Crippen LogP contribution in [0.1, 0.15) is 62.5 Å². The molecule has 0 unspecified atom stereocenters. The molecule has 2 nitrogen and oxygen atoms in total. The largest absolute Gasteiger partial charge is 0.381 e. The summed E-state index contributed by atoms with van der Waals surface area (Å²) in [6.07, 6.45) is 11.4. The zero-order valence-corrected chi connectivity index (χ0v) is 16.9. The van der Waals surface area contributed by atoms with Gasteiger partial charge in [0, 0.05) is 19.8 Å². The predicted molar refractivity (Wildman–Crippen MR) is 116 cm³/mol. The van der Waals surface area contributed by atoms with Crippen molar-refractivity contribution >= 4 is 0 Å². The fourth-order valence-electron chi connectivity index (χ4n) is 3.27. The van der Waals surface area contributed by atoms with E-state index >= 15 is 0 Å². The number of nitrogens with one attached hydrogen (secondary N) is 1. The SMILES string of the molecule is c1ccc(CCCCCCOCCCCCCNCc2ccccc2)cc1. The molecule has 2 rings (SSSR count). The van der Waals surface area contributed by atoms with E-state index in [1.54, 1.807) is 0 Å². The zero-order valence-electron chi connectivity index (χ0n) is 16.9. The van der Waals surface area contributed by atoms with Gasteiger partial charge >= 0.3 is 0 Å². The topological polar surface area (TPSA) is 21.3 Å². The number of ether oxygens (including phenoxy) is 1. The van der Waals surface area contributed by atoms with Crippen LogP contribution < -0.4 is 5.32 Å². The van der Waals surface area contributed by atoms with E-state index in [1.807, 2.05) is 0 Å². The van der Waals surface area contributed by atoms with Crippen molar-refractivity contribution in [3.63, 3.8) is 0 Å². The van der Waals surface area contributed by atoms with Crippen molar-refractivity contribution in [1.29, 1.82) is 0 Å². The standard InChI is InChI=1S/C25H37NO/c1(7-15-24-16-8-5-9-17-24)3-13-21-27-22-14-4-2-12-20-26-23-25-18-10-6-11-19-25/h5-6,8-11,16-19,26H,1-4,7,12-15,20-23H2. The Hall–Kier alpha value is -1.64. The van der Waals surface area contributed by atoms with Crippen molar-refractivity contribution in [1.82, 2.24) is 5.32 Å². The van der Waals surface area contributed by atoms with Crippen molar-refractivity contribution in [2.24, 2.45) is 0 Å². The maximum atomic E-state index is 5.77. The van der Waals surface area contributed by atoms with Gasteiger partial charge in [0.15, 0.2) is 0 Å². The van der Waals surface area contributed by atoms with Crippen LogP contribution in [0.25, 0.3) is 0 Å². The molecule has 0 aliphatic heterocycles. The lowest BCUT2D eigenvalue weighted by molar-refractivity contribution is 0.125. The van der Waals surface area contributed by atoms with E-state index in [1.165, 1.54) is 68.9 Å². The Kier molecular flexibility index (Phi) is 12.4. The molecule has 0 saturated heterocycles. The summed E-state index contributed by atoms with van der Waals surface area (Å²) in [6, 6.07) is 21.4. The average molecular weight is 368 g/mol. The van der Waals surface area contributed by atoms with Gasteiger partial charge in [-0.1, -0.05) is 86.3 Å². The Morgan fingerprint density at radius 3 is 1.78 bits per heavy atom. The van der Waals surface area contributed by atoms with Gasteiger partial charge in [0.05, 0.1) is 0 Å². The number of unbranched alkanes of at least 4 members (excludes halogenated alkanes) is 6. The summed E-state index contributed by atoms with van der Waals surface area (Å²) < 4.78 is 5.77. The normalized spacial score (nSPS) is 11.0. The first-order chi connectivity index (χ1) is 13.4. The highest BCUT2D eigenvalue weighted by Gasteiger charge is 1.95. The van der Waals surface area contributed by atoms with Crippen molar-refractivity contribution in [2.45, 2.75) is 64.3 Å². The first kappa shape index (κ1) is 21.7. The third-order valence-corrected chi connectivity index (χ3v) is 4.91. The molecule has 2 aromatic carbocycles. The first-order valence-electron chi connectivity index (χ1n) is 10.8. The van der Waals surface area contributed by atoms with E-state index < -0.39 is 0 Å². The van der Waals surface area contributed by atoms with Crippen LogP contribution in [0, 0.1) is 0 Å². The minimum Gasteiger partial charge on any atom is -0.381 e. The fraction of sp³-hybridized carbons (Fsp3) is 0.520. The number of hydrogen-bond acceptors (Lipinski definition) is 2. The molecule has 0 radical (unpaired) electrons. The van der Waals surface area contributed by atoms with Gasteiger partial charge in [-0.2, -0.15) is 0 Å². The molecule has 0 fully saturated rings. The van der Waals surface area contributed by atoms with E-state index in [0.717, 1.165) is 26.3 Å². The van der Waals surface area contributed by atoms with Crippen LogP contribution in [0.4, 0.5) is 0 Å². The van der Waals surface area contributed by atoms with Crippen molar-refractivity contribution in [3.05, 3.63) is 71.8 Å². The monoisotopic (exact) mass is 367 g/mol. The average Bonchev–Trinajstić information content (AvgIpc) is 2.72. The van der Waals surface area contributed by atoms with Gasteiger partial charge in [0.25, 0.3) is 0 Å². The minimum absolute atomic E-state index is 0.932. The van der Waals surface area contributed by atoms with Gasteiger partial charge in [-0.15, -0.1) is 0 Å². The van der Waals surface area contributed by atoms with Gasteiger partial charge < -0.3 is 10.1 Å². The Morgan fingerprint density at radius 1 is 0.556 bits per heavy atom. The predicted octanol–water partition coefficient (Wildman–Crippen LogP) is 6.16. The second-order valence-electron chi connectivity index (χ2n) is 7.34. The highest BCUT2D eigenvalue weighted by molar-refractivity contribution is 5.15. The van der Waals surface area contributed by atoms with Crippen molar-refractivity contribution < 1.29 is 4.74 Å². The molecular weight excluding hydrogens is 330 g/mol. The molecule has 0 aliphatic rings. The van der Waals surface area contributed by atoms with E-state index in [4.69, 9.17) is 4.74 Å². The zero-order chi connectivity index (χ0) is 18.8. The first-order valence-corrected chi connectivity index (χ1v) is 10.8. The van der Waals surface area contributed by atoms with Crippen LogP contribution in [-0.4, -0.2) is 19.8 Å². The fourth-order valence-corrected chi connectivity index (χ4v) is 3.27. The molecule has 27 heavy (non-hydrogen) atoms. The highest BCUT2D eigenvalue weighted by Crippen LogP contribution is 2.08. The van der Waals surface area contributed by atoms with Gasteiger partial charge in [-0.25, -0.2) is 0 Å². The summed E-state index contributed by atoms with van der Waals surface area (Å²) in [4.78, 5) is 0. The van der Waals surface area contributed by atoms with E-state index in [-0.39, 0.29) is 0 Å². The van der Waals surface area contributed by atoms with Gasteiger partial charge in [0.1, 0.15) is 0 Å². The molecular formula is C25H37NO. The molecule has 0 saturated carbocycles. The van der Waals surface area contributed by atoms with Gasteiger partial charge in [-0.3, -0.25) is 0 Å². The Bertz CT molecular complexity index is 504. The smallest absolute Gasteiger partial charge is 0.0466 e. The second-order valence-corrected chi connectivity index (χ2v) is 7.34. The van der Waals surface area contributed by atoms with Gasteiger partial charge in [-0.05, 0) is 49.8 Å². The van der Waals surface area contributed by atoms with E-state index in [9.17, 15) is 0 Å². The molecule has 0 aliphatic carbocycles. The molecule has 0 heterocycles. The molecule has 0 aromatic heterocycles. The van der Waals surface area contributed by atoms with Crippen LogP contribution >= 0.6 is 0 Å². The molecule has 2 aromatic rings. The van der Waals surface area contributed by atoms with Crippen LogP contribution in [0.5, 0.6) is 0 Å². The second kappa shape index (κ2) is 15.4. The number of rotatable bonds is 16. The lowest BCUT2D eigenvalue weighted by Crippen LogP contribution is -2.14. The third kappa shape index (κ3) is 11.6. The molecule has 148 valence electrons. The molecule has 1 N–H and O–H groups in total. The Balaban J connectivity index is 1.26. The maximum absolute atomic E-state index is 5.77. The number of benzene rings is 2. The maximum Gasteiger partial charge on any atom is 0.0466 e. The summed E-state index contributed by atoms with van der Waals surface area (Å²) in [5.41, 5.74) is 2.83. The third-order valence-electron chi connectivity index (χ3n) is 4.91. The molecule has 0 amide bonds. The Labute approximate surface area is 166 Å². The Morgan fingerprint density at radius 2 is 1.11 bits per heavy atom. The summed E-state index contributed by atoms with van der Waals surface area (Å²) in [5, 5.41) is 3.52.